The number of nitrogens with zero attached hydrogens (tertiary/aromatic N) is 3. The molecule has 0 aromatic carbocycles. The highest BCUT2D eigenvalue weighted by molar-refractivity contribution is 5.14. The van der Waals surface area contributed by atoms with Crippen LogP contribution >= 0.6 is 0 Å². The van der Waals surface area contributed by atoms with E-state index in [-0.39, 0.29) is 0 Å². The van der Waals surface area contributed by atoms with E-state index >= 15 is 0 Å². The first-order valence-electron chi connectivity index (χ1n) is 6.88. The van der Waals surface area contributed by atoms with Gasteiger partial charge in [0.2, 0.25) is 0 Å². The lowest BCUT2D eigenvalue weighted by Gasteiger charge is -2.13. The van der Waals surface area contributed by atoms with Crippen LogP contribution in [0.3, 0.4) is 0 Å². The van der Waals surface area contributed by atoms with E-state index in [0.29, 0.717) is 12.1 Å². The predicted octanol–water partition coefficient (Wildman–Crippen LogP) is 3.10. The molecule has 0 radical (unpaired) electrons. The van der Waals surface area contributed by atoms with Gasteiger partial charge >= 0.3 is 0 Å². The molecule has 2 aromatic heterocycles. The Morgan fingerprint density at radius 2 is 1.95 bits per heavy atom. The van der Waals surface area contributed by atoms with Crippen LogP contribution in [-0.2, 0) is 6.54 Å². The molecular formula is C15H22N4. The minimum Gasteiger partial charge on any atom is -0.304 e. The van der Waals surface area contributed by atoms with Gasteiger partial charge in [-0.05, 0) is 44.0 Å². The van der Waals surface area contributed by atoms with Crippen LogP contribution in [0.1, 0.15) is 50.5 Å². The third kappa shape index (κ3) is 3.64. The molecule has 2 heterocycles. The molecule has 19 heavy (non-hydrogen) atoms. The van der Waals surface area contributed by atoms with Gasteiger partial charge in [-0.25, -0.2) is 0 Å². The topological polar surface area (TPSA) is 42.7 Å². The molecule has 0 bridgehead atoms. The maximum absolute atomic E-state index is 4.59. The van der Waals surface area contributed by atoms with Gasteiger partial charge in [0, 0.05) is 37.2 Å². The van der Waals surface area contributed by atoms with E-state index < -0.39 is 0 Å². The van der Waals surface area contributed by atoms with Gasteiger partial charge < -0.3 is 5.32 Å². The van der Waals surface area contributed by atoms with Gasteiger partial charge in [-0.15, -0.1) is 0 Å². The predicted molar refractivity (Wildman–Crippen MR) is 76.7 cm³/mol. The van der Waals surface area contributed by atoms with Gasteiger partial charge in [0.1, 0.15) is 0 Å². The molecule has 2 atom stereocenters. The Hall–Kier alpha value is -1.68. The normalized spacial score (nSPS) is 14.3. The van der Waals surface area contributed by atoms with E-state index in [2.05, 4.69) is 48.4 Å². The Morgan fingerprint density at radius 1 is 1.21 bits per heavy atom. The lowest BCUT2D eigenvalue weighted by atomic mass is 10.1. The van der Waals surface area contributed by atoms with Crippen molar-refractivity contribution in [1.82, 2.24) is 20.1 Å². The van der Waals surface area contributed by atoms with E-state index in [0.717, 1.165) is 18.7 Å². The van der Waals surface area contributed by atoms with Crippen molar-refractivity contribution in [3.8, 4) is 0 Å². The molecule has 2 rings (SSSR count). The van der Waals surface area contributed by atoms with Gasteiger partial charge in [-0.3, -0.25) is 9.67 Å². The van der Waals surface area contributed by atoms with Crippen molar-refractivity contribution in [2.45, 2.75) is 45.8 Å². The number of pyridine rings is 1. The maximum atomic E-state index is 4.59. The Labute approximate surface area is 114 Å². The fraction of sp³-hybridized carbons (Fsp3) is 0.467. The fourth-order valence-corrected chi connectivity index (χ4v) is 1.93. The van der Waals surface area contributed by atoms with Gasteiger partial charge in [-0.1, -0.05) is 6.92 Å². The van der Waals surface area contributed by atoms with E-state index in [9.17, 15) is 0 Å². The molecule has 0 aliphatic rings. The maximum Gasteiger partial charge on any atom is 0.0762 e. The van der Waals surface area contributed by atoms with Gasteiger partial charge in [0.15, 0.2) is 0 Å². The van der Waals surface area contributed by atoms with Crippen molar-refractivity contribution in [3.05, 3.63) is 48.0 Å². The SMILES string of the molecule is CCC(C)n1ccc(CNC(C)c2ccncc2)n1. The van der Waals surface area contributed by atoms with Crippen LogP contribution in [0, 0.1) is 0 Å². The Kier molecular flexibility index (Phi) is 4.68. The third-order valence-corrected chi connectivity index (χ3v) is 3.50. The molecule has 0 saturated carbocycles. The summed E-state index contributed by atoms with van der Waals surface area (Å²) in [4.78, 5) is 4.03. The van der Waals surface area contributed by atoms with Crippen LogP contribution in [0.25, 0.3) is 0 Å². The number of rotatable bonds is 6. The first-order chi connectivity index (χ1) is 9.20. The van der Waals surface area contributed by atoms with E-state index in [1.165, 1.54) is 5.56 Å². The molecule has 0 amide bonds. The summed E-state index contributed by atoms with van der Waals surface area (Å²) in [6.45, 7) is 7.30. The largest absolute Gasteiger partial charge is 0.304 e. The van der Waals surface area contributed by atoms with Gasteiger partial charge in [0.05, 0.1) is 5.69 Å². The molecule has 4 heteroatoms. The Balaban J connectivity index is 1.90. The summed E-state index contributed by atoms with van der Waals surface area (Å²) >= 11 is 0. The summed E-state index contributed by atoms with van der Waals surface area (Å²) in [7, 11) is 0. The summed E-state index contributed by atoms with van der Waals surface area (Å²) < 4.78 is 2.04. The standard InChI is InChI=1S/C15H22N4/c1-4-12(2)19-10-7-15(18-19)11-17-13(3)14-5-8-16-9-6-14/h5-10,12-13,17H,4,11H2,1-3H3. The first-order valence-corrected chi connectivity index (χ1v) is 6.88. The fourth-order valence-electron chi connectivity index (χ4n) is 1.93. The molecule has 0 spiro atoms. The second-order valence-corrected chi connectivity index (χ2v) is 4.93. The average Bonchev–Trinajstić information content (AvgIpc) is 2.93. The van der Waals surface area contributed by atoms with E-state index in [1.807, 2.05) is 29.2 Å². The smallest absolute Gasteiger partial charge is 0.0762 e. The minimum atomic E-state index is 0.303. The molecule has 0 aliphatic heterocycles. The lowest BCUT2D eigenvalue weighted by Crippen LogP contribution is -2.18. The lowest BCUT2D eigenvalue weighted by molar-refractivity contribution is 0.468. The number of nitrogens with one attached hydrogen (secondary N) is 1. The number of hydrogen-bond acceptors (Lipinski definition) is 3. The quantitative estimate of drug-likeness (QED) is 0.865. The average molecular weight is 258 g/mol. The van der Waals surface area contributed by atoms with Crippen LogP contribution in [0.2, 0.25) is 0 Å². The molecule has 0 aliphatic carbocycles. The van der Waals surface area contributed by atoms with E-state index in [4.69, 9.17) is 0 Å². The summed E-state index contributed by atoms with van der Waals surface area (Å²) in [6.07, 6.45) is 6.81. The van der Waals surface area contributed by atoms with Crippen LogP contribution < -0.4 is 5.32 Å². The number of hydrogen-bond donors (Lipinski definition) is 1. The number of aromatic nitrogens is 3. The molecule has 2 unspecified atom stereocenters. The molecule has 4 nitrogen and oxygen atoms in total. The molecule has 102 valence electrons. The van der Waals surface area contributed by atoms with Crippen molar-refractivity contribution in [2.24, 2.45) is 0 Å². The van der Waals surface area contributed by atoms with Crippen LogP contribution in [0.4, 0.5) is 0 Å². The summed E-state index contributed by atoms with van der Waals surface area (Å²) in [6, 6.07) is 6.92. The molecular weight excluding hydrogens is 236 g/mol. The van der Waals surface area contributed by atoms with Crippen molar-refractivity contribution in [3.63, 3.8) is 0 Å². The van der Waals surface area contributed by atoms with Gasteiger partial charge in [0.25, 0.3) is 0 Å². The minimum absolute atomic E-state index is 0.303. The van der Waals surface area contributed by atoms with Gasteiger partial charge in [-0.2, -0.15) is 5.10 Å². The summed E-state index contributed by atoms with van der Waals surface area (Å²) in [5.41, 5.74) is 2.33. The van der Waals surface area contributed by atoms with Crippen molar-refractivity contribution in [1.29, 1.82) is 0 Å². The van der Waals surface area contributed by atoms with Crippen LogP contribution in [0.15, 0.2) is 36.8 Å². The van der Waals surface area contributed by atoms with Crippen molar-refractivity contribution >= 4 is 0 Å². The zero-order valence-electron chi connectivity index (χ0n) is 11.9. The van der Waals surface area contributed by atoms with Crippen LogP contribution in [0.5, 0.6) is 0 Å². The molecule has 0 saturated heterocycles. The first kappa shape index (κ1) is 13.7. The molecule has 0 fully saturated rings. The second-order valence-electron chi connectivity index (χ2n) is 4.93. The Morgan fingerprint density at radius 3 is 2.63 bits per heavy atom. The zero-order valence-corrected chi connectivity index (χ0v) is 11.9. The zero-order chi connectivity index (χ0) is 13.7. The highest BCUT2D eigenvalue weighted by atomic mass is 15.3. The second kappa shape index (κ2) is 6.48. The summed E-state index contributed by atoms with van der Waals surface area (Å²) in [5, 5.41) is 8.07. The van der Waals surface area contributed by atoms with E-state index in [1.54, 1.807) is 0 Å². The molecule has 2 aromatic rings. The molecule has 1 N–H and O–H groups in total. The monoisotopic (exact) mass is 258 g/mol. The Bertz CT molecular complexity index is 492. The van der Waals surface area contributed by atoms with Crippen molar-refractivity contribution in [2.75, 3.05) is 0 Å². The summed E-state index contributed by atoms with van der Waals surface area (Å²) in [5.74, 6) is 0. The van der Waals surface area contributed by atoms with Crippen molar-refractivity contribution < 1.29 is 0 Å². The highest BCUT2D eigenvalue weighted by Crippen LogP contribution is 2.12. The third-order valence-electron chi connectivity index (χ3n) is 3.50. The highest BCUT2D eigenvalue weighted by Gasteiger charge is 2.07. The van der Waals surface area contributed by atoms with Crippen LogP contribution in [-0.4, -0.2) is 14.8 Å².